The van der Waals surface area contributed by atoms with Gasteiger partial charge in [-0.05, 0) is 43.7 Å². The van der Waals surface area contributed by atoms with Crippen molar-refractivity contribution in [2.75, 3.05) is 10.6 Å². The second kappa shape index (κ2) is 7.09. The molecule has 2 N–H and O–H groups in total. The van der Waals surface area contributed by atoms with E-state index in [-0.39, 0.29) is 23.2 Å². The number of para-hydroxylation sites is 1. The van der Waals surface area contributed by atoms with Gasteiger partial charge in [0, 0.05) is 11.9 Å². The predicted octanol–water partition coefficient (Wildman–Crippen LogP) is 4.23. The maximum Gasteiger partial charge on any atom is 0.274 e. The lowest BCUT2D eigenvalue weighted by atomic mass is 10.1. The Morgan fingerprint density at radius 3 is 2.60 bits per heavy atom. The van der Waals surface area contributed by atoms with E-state index >= 15 is 0 Å². The monoisotopic (exact) mass is 336 g/mol. The van der Waals surface area contributed by atoms with Crippen LogP contribution >= 0.6 is 0 Å². The van der Waals surface area contributed by atoms with Crippen LogP contribution in [0.1, 0.15) is 21.6 Å². The Morgan fingerprint density at radius 1 is 1.04 bits per heavy atom. The van der Waals surface area contributed by atoms with E-state index in [4.69, 9.17) is 0 Å². The Hall–Kier alpha value is -3.28. The van der Waals surface area contributed by atoms with Crippen LogP contribution in [0.4, 0.5) is 21.7 Å². The van der Waals surface area contributed by atoms with Crippen LogP contribution in [0.2, 0.25) is 0 Å². The van der Waals surface area contributed by atoms with Gasteiger partial charge in [-0.25, -0.2) is 14.4 Å². The quantitative estimate of drug-likeness (QED) is 0.748. The first kappa shape index (κ1) is 16.6. The van der Waals surface area contributed by atoms with E-state index in [0.29, 0.717) is 0 Å². The van der Waals surface area contributed by atoms with Gasteiger partial charge >= 0.3 is 0 Å². The fourth-order valence-electron chi connectivity index (χ4n) is 2.37. The molecule has 0 bridgehead atoms. The van der Waals surface area contributed by atoms with Gasteiger partial charge in [0.15, 0.2) is 0 Å². The number of aromatic nitrogens is 2. The van der Waals surface area contributed by atoms with Crippen LogP contribution in [-0.2, 0) is 0 Å². The van der Waals surface area contributed by atoms with Gasteiger partial charge in [0.2, 0.25) is 5.95 Å². The summed E-state index contributed by atoms with van der Waals surface area (Å²) in [6.45, 7) is 3.91. The Labute approximate surface area is 145 Å². The largest absolute Gasteiger partial charge is 0.322 e. The van der Waals surface area contributed by atoms with Crippen molar-refractivity contribution in [1.82, 2.24) is 9.97 Å². The Morgan fingerprint density at radius 2 is 1.84 bits per heavy atom. The number of carbonyl (C=O) groups is 1. The number of nitrogens with zero attached hydrogens (tertiary/aromatic N) is 2. The fraction of sp³-hybridized carbons (Fsp3) is 0.105. The maximum atomic E-state index is 13.7. The first-order valence-corrected chi connectivity index (χ1v) is 7.76. The smallest absolute Gasteiger partial charge is 0.274 e. The molecule has 0 spiro atoms. The van der Waals surface area contributed by atoms with Gasteiger partial charge in [-0.2, -0.15) is 0 Å². The number of hydrogen-bond acceptors (Lipinski definition) is 4. The molecule has 25 heavy (non-hydrogen) atoms. The van der Waals surface area contributed by atoms with Gasteiger partial charge < -0.3 is 10.6 Å². The van der Waals surface area contributed by atoms with Crippen LogP contribution < -0.4 is 10.6 Å². The molecule has 126 valence electrons. The molecule has 3 rings (SSSR count). The van der Waals surface area contributed by atoms with E-state index in [2.05, 4.69) is 20.6 Å². The molecular weight excluding hydrogens is 319 g/mol. The molecule has 1 aromatic heterocycles. The molecule has 5 nitrogen and oxygen atoms in total. The summed E-state index contributed by atoms with van der Waals surface area (Å²) in [5.41, 5.74) is 3.24. The Bertz CT molecular complexity index is 927. The number of nitrogens with one attached hydrogen (secondary N) is 2. The lowest BCUT2D eigenvalue weighted by Crippen LogP contribution is -2.15. The van der Waals surface area contributed by atoms with Gasteiger partial charge in [-0.1, -0.05) is 29.8 Å². The minimum atomic E-state index is -0.420. The molecule has 1 amide bonds. The van der Waals surface area contributed by atoms with Gasteiger partial charge in [0.05, 0.1) is 5.69 Å². The van der Waals surface area contributed by atoms with Crippen molar-refractivity contribution in [2.45, 2.75) is 13.8 Å². The number of amides is 1. The molecule has 0 fully saturated rings. The van der Waals surface area contributed by atoms with Crippen molar-refractivity contribution in [1.29, 1.82) is 0 Å². The van der Waals surface area contributed by atoms with Crippen LogP contribution in [0.3, 0.4) is 0 Å². The van der Waals surface area contributed by atoms with Crippen LogP contribution in [-0.4, -0.2) is 15.9 Å². The average Bonchev–Trinajstić information content (AvgIpc) is 2.60. The van der Waals surface area contributed by atoms with E-state index in [1.807, 2.05) is 32.0 Å². The lowest BCUT2D eigenvalue weighted by molar-refractivity contribution is 0.102. The molecule has 2 aromatic carbocycles. The number of aryl methyl sites for hydroxylation is 2. The van der Waals surface area contributed by atoms with Crippen molar-refractivity contribution in [3.05, 3.63) is 77.4 Å². The molecular formula is C19H17FN4O. The third-order valence-corrected chi connectivity index (χ3v) is 3.64. The highest BCUT2D eigenvalue weighted by atomic mass is 19.1. The Kier molecular flexibility index (Phi) is 4.70. The second-order valence-electron chi connectivity index (χ2n) is 5.64. The summed E-state index contributed by atoms with van der Waals surface area (Å²) in [6, 6.07) is 13.5. The highest BCUT2D eigenvalue weighted by Crippen LogP contribution is 2.18. The standard InChI is InChI=1S/C19H17FN4O/c1-12-7-8-15(13(2)11-12)22-18(25)17-9-10-21-19(24-17)23-16-6-4-3-5-14(16)20/h3-11H,1-2H3,(H,22,25)(H,21,23,24). The minimum Gasteiger partial charge on any atom is -0.322 e. The van der Waals surface area contributed by atoms with Gasteiger partial charge in [-0.3, -0.25) is 4.79 Å². The third-order valence-electron chi connectivity index (χ3n) is 3.64. The zero-order chi connectivity index (χ0) is 17.8. The van der Waals surface area contributed by atoms with Gasteiger partial charge in [0.1, 0.15) is 11.5 Å². The summed E-state index contributed by atoms with van der Waals surface area (Å²) in [6.07, 6.45) is 1.45. The summed E-state index contributed by atoms with van der Waals surface area (Å²) in [7, 11) is 0. The van der Waals surface area contributed by atoms with Gasteiger partial charge in [0.25, 0.3) is 5.91 Å². The molecule has 6 heteroatoms. The first-order valence-electron chi connectivity index (χ1n) is 7.76. The number of halogens is 1. The molecule has 0 aliphatic rings. The summed E-state index contributed by atoms with van der Waals surface area (Å²) >= 11 is 0. The summed E-state index contributed by atoms with van der Waals surface area (Å²) in [4.78, 5) is 20.6. The number of anilines is 3. The summed E-state index contributed by atoms with van der Waals surface area (Å²) in [5.74, 6) is -0.624. The number of rotatable bonds is 4. The van der Waals surface area contributed by atoms with E-state index in [1.165, 1.54) is 18.3 Å². The number of benzene rings is 2. The predicted molar refractivity (Wildman–Crippen MR) is 95.6 cm³/mol. The van der Waals surface area contributed by atoms with Crippen molar-refractivity contribution >= 4 is 23.2 Å². The van der Waals surface area contributed by atoms with Crippen molar-refractivity contribution in [3.63, 3.8) is 0 Å². The highest BCUT2D eigenvalue weighted by molar-refractivity contribution is 6.03. The van der Waals surface area contributed by atoms with Gasteiger partial charge in [-0.15, -0.1) is 0 Å². The van der Waals surface area contributed by atoms with Crippen molar-refractivity contribution in [2.24, 2.45) is 0 Å². The Balaban J connectivity index is 1.79. The zero-order valence-electron chi connectivity index (χ0n) is 13.9. The SMILES string of the molecule is Cc1ccc(NC(=O)c2ccnc(Nc3ccccc3F)n2)c(C)c1. The second-order valence-corrected chi connectivity index (χ2v) is 5.64. The van der Waals surface area contributed by atoms with Crippen LogP contribution in [0.15, 0.2) is 54.7 Å². The fourth-order valence-corrected chi connectivity index (χ4v) is 2.37. The third kappa shape index (κ3) is 3.98. The normalized spacial score (nSPS) is 10.4. The molecule has 3 aromatic rings. The summed E-state index contributed by atoms with van der Waals surface area (Å²) < 4.78 is 13.7. The van der Waals surface area contributed by atoms with Crippen LogP contribution in [0, 0.1) is 19.7 Å². The van der Waals surface area contributed by atoms with E-state index in [0.717, 1.165) is 16.8 Å². The van der Waals surface area contributed by atoms with Crippen LogP contribution in [0.5, 0.6) is 0 Å². The number of hydrogen-bond donors (Lipinski definition) is 2. The molecule has 0 atom stereocenters. The van der Waals surface area contributed by atoms with Crippen molar-refractivity contribution in [3.8, 4) is 0 Å². The van der Waals surface area contributed by atoms with Crippen LogP contribution in [0.25, 0.3) is 0 Å². The first-order chi connectivity index (χ1) is 12.0. The van der Waals surface area contributed by atoms with Crippen molar-refractivity contribution < 1.29 is 9.18 Å². The average molecular weight is 336 g/mol. The number of carbonyl (C=O) groups excluding carboxylic acids is 1. The summed E-state index contributed by atoms with van der Waals surface area (Å²) in [5, 5.41) is 5.60. The molecule has 1 heterocycles. The molecule has 0 radical (unpaired) electrons. The molecule has 0 aliphatic carbocycles. The van der Waals surface area contributed by atoms with E-state index in [1.54, 1.807) is 18.2 Å². The molecule has 0 saturated carbocycles. The maximum absolute atomic E-state index is 13.7. The van der Waals surface area contributed by atoms with E-state index < -0.39 is 5.82 Å². The lowest BCUT2D eigenvalue weighted by Gasteiger charge is -2.10. The molecule has 0 unspecified atom stereocenters. The highest BCUT2D eigenvalue weighted by Gasteiger charge is 2.11. The molecule has 0 saturated heterocycles. The topological polar surface area (TPSA) is 66.9 Å². The minimum absolute atomic E-state index is 0.151. The van der Waals surface area contributed by atoms with E-state index in [9.17, 15) is 9.18 Å². The zero-order valence-corrected chi connectivity index (χ0v) is 13.9. The molecule has 0 aliphatic heterocycles.